The highest BCUT2D eigenvalue weighted by Gasteiger charge is 2.31. The van der Waals surface area contributed by atoms with Crippen LogP contribution >= 0.6 is 0 Å². The van der Waals surface area contributed by atoms with Gasteiger partial charge in [0, 0.05) is 44.3 Å². The SMILES string of the molecule is C[C@H]1CN(CC2CCN(C(C)(C)C)CC2)CCN1CC(C)(C)C. The third kappa shape index (κ3) is 6.03. The molecule has 0 spiro atoms. The first-order valence-electron chi connectivity index (χ1n) is 9.76. The molecule has 0 saturated carbocycles. The van der Waals surface area contributed by atoms with Crippen molar-refractivity contribution in [1.29, 1.82) is 0 Å². The van der Waals surface area contributed by atoms with E-state index in [0.717, 1.165) is 5.92 Å². The molecule has 2 saturated heterocycles. The van der Waals surface area contributed by atoms with Crippen LogP contribution in [0.2, 0.25) is 0 Å². The topological polar surface area (TPSA) is 9.72 Å². The Balaban J connectivity index is 1.74. The molecule has 2 rings (SSSR count). The van der Waals surface area contributed by atoms with Crippen molar-refractivity contribution in [3.63, 3.8) is 0 Å². The van der Waals surface area contributed by atoms with Crippen molar-refractivity contribution in [2.75, 3.05) is 45.8 Å². The third-order valence-corrected chi connectivity index (χ3v) is 5.61. The second-order valence-electron chi connectivity index (χ2n) is 10.2. The van der Waals surface area contributed by atoms with E-state index in [9.17, 15) is 0 Å². The van der Waals surface area contributed by atoms with E-state index in [1.165, 1.54) is 58.7 Å². The van der Waals surface area contributed by atoms with Crippen molar-refractivity contribution >= 4 is 0 Å². The predicted octanol–water partition coefficient (Wildman–Crippen LogP) is 3.55. The van der Waals surface area contributed by atoms with Crippen molar-refractivity contribution in [3.8, 4) is 0 Å². The minimum atomic E-state index is 0.345. The van der Waals surface area contributed by atoms with Gasteiger partial charge in [-0.25, -0.2) is 0 Å². The smallest absolute Gasteiger partial charge is 0.0195 e. The zero-order valence-electron chi connectivity index (χ0n) is 16.9. The van der Waals surface area contributed by atoms with Crippen molar-refractivity contribution < 1.29 is 0 Å². The molecule has 2 aliphatic heterocycles. The lowest BCUT2D eigenvalue weighted by Crippen LogP contribution is -2.55. The number of nitrogens with zero attached hydrogens (tertiary/aromatic N) is 3. The molecule has 0 N–H and O–H groups in total. The van der Waals surface area contributed by atoms with Crippen molar-refractivity contribution in [2.45, 2.75) is 72.9 Å². The Bertz CT molecular complexity index is 358. The molecule has 2 fully saturated rings. The second-order valence-corrected chi connectivity index (χ2v) is 10.2. The highest BCUT2D eigenvalue weighted by atomic mass is 15.3. The van der Waals surface area contributed by atoms with Crippen LogP contribution in [0.25, 0.3) is 0 Å². The molecule has 2 heterocycles. The Morgan fingerprint density at radius 1 is 0.870 bits per heavy atom. The first-order chi connectivity index (χ1) is 10.5. The van der Waals surface area contributed by atoms with Crippen LogP contribution in [0.1, 0.15) is 61.3 Å². The molecule has 23 heavy (non-hydrogen) atoms. The molecule has 0 amide bonds. The van der Waals surface area contributed by atoms with Gasteiger partial charge in [-0.15, -0.1) is 0 Å². The largest absolute Gasteiger partial charge is 0.300 e. The highest BCUT2D eigenvalue weighted by Crippen LogP contribution is 2.26. The predicted molar refractivity (Wildman–Crippen MR) is 101 cm³/mol. The van der Waals surface area contributed by atoms with Gasteiger partial charge < -0.3 is 4.90 Å². The number of rotatable bonds is 3. The van der Waals surface area contributed by atoms with E-state index >= 15 is 0 Å². The zero-order chi connectivity index (χ0) is 17.3. The quantitative estimate of drug-likeness (QED) is 0.786. The molecule has 3 nitrogen and oxygen atoms in total. The average molecular weight is 324 g/mol. The van der Waals surface area contributed by atoms with Crippen LogP contribution in [-0.2, 0) is 0 Å². The van der Waals surface area contributed by atoms with Crippen LogP contribution in [0.3, 0.4) is 0 Å². The van der Waals surface area contributed by atoms with Gasteiger partial charge in [0.15, 0.2) is 0 Å². The van der Waals surface area contributed by atoms with Gasteiger partial charge in [0.05, 0.1) is 0 Å². The van der Waals surface area contributed by atoms with E-state index < -0.39 is 0 Å². The monoisotopic (exact) mass is 323 g/mol. The Morgan fingerprint density at radius 3 is 1.96 bits per heavy atom. The molecular weight excluding hydrogens is 282 g/mol. The van der Waals surface area contributed by atoms with Gasteiger partial charge in [-0.1, -0.05) is 20.8 Å². The summed E-state index contributed by atoms with van der Waals surface area (Å²) in [6.45, 7) is 25.4. The first kappa shape index (κ1) is 19.2. The first-order valence-corrected chi connectivity index (χ1v) is 9.76. The van der Waals surface area contributed by atoms with Crippen molar-refractivity contribution in [3.05, 3.63) is 0 Å². The minimum absolute atomic E-state index is 0.345. The van der Waals surface area contributed by atoms with Crippen molar-refractivity contribution in [2.24, 2.45) is 11.3 Å². The normalized spacial score (nSPS) is 27.5. The van der Waals surface area contributed by atoms with Gasteiger partial charge in [-0.05, 0) is 65.0 Å². The fourth-order valence-electron chi connectivity index (χ4n) is 4.23. The molecule has 3 heteroatoms. The number of piperazine rings is 1. The van der Waals surface area contributed by atoms with E-state index in [-0.39, 0.29) is 0 Å². The van der Waals surface area contributed by atoms with E-state index in [4.69, 9.17) is 0 Å². The summed E-state index contributed by atoms with van der Waals surface area (Å²) in [6.07, 6.45) is 2.77. The van der Waals surface area contributed by atoms with Crippen LogP contribution in [0, 0.1) is 11.3 Å². The van der Waals surface area contributed by atoms with Crippen LogP contribution in [0.5, 0.6) is 0 Å². The Labute approximate surface area is 145 Å². The lowest BCUT2D eigenvalue weighted by molar-refractivity contribution is 0.0332. The summed E-state index contributed by atoms with van der Waals surface area (Å²) in [5.74, 6) is 0.912. The van der Waals surface area contributed by atoms with Crippen LogP contribution in [-0.4, -0.2) is 72.1 Å². The summed E-state index contributed by atoms with van der Waals surface area (Å²) in [6, 6.07) is 0.706. The fourth-order valence-corrected chi connectivity index (χ4v) is 4.23. The van der Waals surface area contributed by atoms with E-state index in [1.807, 2.05) is 0 Å². The van der Waals surface area contributed by atoms with E-state index in [2.05, 4.69) is 63.2 Å². The maximum atomic E-state index is 2.74. The molecule has 1 atom stereocenters. The second kappa shape index (κ2) is 7.41. The standard InChI is InChI=1S/C20H41N3/c1-17-14-21(12-13-22(17)16-19(2,3)4)15-18-8-10-23(11-9-18)20(5,6)7/h17-18H,8-16H2,1-7H3/t17-/m0/s1. The number of hydrogen-bond donors (Lipinski definition) is 0. The maximum absolute atomic E-state index is 2.74. The summed E-state index contributed by atoms with van der Waals surface area (Å²) in [5, 5.41) is 0. The molecule has 0 radical (unpaired) electrons. The number of likely N-dealkylation sites (tertiary alicyclic amines) is 1. The van der Waals surface area contributed by atoms with Gasteiger partial charge in [-0.3, -0.25) is 9.80 Å². The zero-order valence-corrected chi connectivity index (χ0v) is 16.9. The molecule has 136 valence electrons. The Hall–Kier alpha value is -0.120. The lowest BCUT2D eigenvalue weighted by Gasteiger charge is -2.45. The molecule has 0 aliphatic carbocycles. The van der Waals surface area contributed by atoms with Crippen molar-refractivity contribution in [1.82, 2.24) is 14.7 Å². The molecule has 2 aliphatic rings. The summed E-state index contributed by atoms with van der Waals surface area (Å²) in [7, 11) is 0. The molecule has 0 aromatic carbocycles. The Morgan fingerprint density at radius 2 is 1.48 bits per heavy atom. The fraction of sp³-hybridized carbons (Fsp3) is 1.00. The minimum Gasteiger partial charge on any atom is -0.300 e. The van der Waals surface area contributed by atoms with E-state index in [0.29, 0.717) is 17.0 Å². The maximum Gasteiger partial charge on any atom is 0.0195 e. The highest BCUT2D eigenvalue weighted by molar-refractivity contribution is 4.86. The molecule has 0 bridgehead atoms. The average Bonchev–Trinajstić information content (AvgIpc) is 2.40. The number of piperidine rings is 1. The molecular formula is C20H41N3. The molecule has 0 aromatic heterocycles. The van der Waals surface area contributed by atoms with Gasteiger partial charge in [0.2, 0.25) is 0 Å². The third-order valence-electron chi connectivity index (χ3n) is 5.61. The van der Waals surface area contributed by atoms with Gasteiger partial charge in [-0.2, -0.15) is 0 Å². The van der Waals surface area contributed by atoms with Crippen LogP contribution in [0.4, 0.5) is 0 Å². The summed E-state index contributed by atoms with van der Waals surface area (Å²) >= 11 is 0. The van der Waals surface area contributed by atoms with Gasteiger partial charge >= 0.3 is 0 Å². The summed E-state index contributed by atoms with van der Waals surface area (Å²) < 4.78 is 0. The van der Waals surface area contributed by atoms with Gasteiger partial charge in [0.25, 0.3) is 0 Å². The lowest BCUT2D eigenvalue weighted by atomic mass is 9.92. The van der Waals surface area contributed by atoms with Crippen LogP contribution < -0.4 is 0 Å². The summed E-state index contributed by atoms with van der Waals surface area (Å²) in [5.41, 5.74) is 0.758. The molecule has 0 unspecified atom stereocenters. The molecule has 0 aromatic rings. The van der Waals surface area contributed by atoms with E-state index in [1.54, 1.807) is 0 Å². The summed E-state index contributed by atoms with van der Waals surface area (Å²) in [4.78, 5) is 8.09. The van der Waals surface area contributed by atoms with Gasteiger partial charge in [0.1, 0.15) is 0 Å². The Kier molecular flexibility index (Phi) is 6.19. The number of hydrogen-bond acceptors (Lipinski definition) is 3. The van der Waals surface area contributed by atoms with Crippen LogP contribution in [0.15, 0.2) is 0 Å².